The summed E-state index contributed by atoms with van der Waals surface area (Å²) in [6, 6.07) is 16.5. The number of methoxy groups -OCH3 is 3. The smallest absolute Gasteiger partial charge is 0.244 e. The minimum Gasteiger partial charge on any atom is -0.493 e. The first-order chi connectivity index (χ1) is 18.5. The Morgan fingerprint density at radius 1 is 0.974 bits per heavy atom. The molecule has 0 aliphatic carbocycles. The lowest BCUT2D eigenvalue weighted by molar-refractivity contribution is -0.121. The maximum atomic E-state index is 13.6. The van der Waals surface area contributed by atoms with E-state index in [0.29, 0.717) is 53.3 Å². The van der Waals surface area contributed by atoms with Gasteiger partial charge in [0, 0.05) is 28.3 Å². The zero-order valence-electron chi connectivity index (χ0n) is 21.3. The van der Waals surface area contributed by atoms with Gasteiger partial charge in [0.25, 0.3) is 0 Å². The number of nitrogens with one attached hydrogen (secondary N) is 1. The molecule has 0 fully saturated rings. The van der Waals surface area contributed by atoms with Crippen LogP contribution in [0.15, 0.2) is 59.5 Å². The Balaban J connectivity index is 1.39. The molecular formula is C28H28N2O7S. The van der Waals surface area contributed by atoms with Gasteiger partial charge in [-0.25, -0.2) is 0 Å². The second-order valence-corrected chi connectivity index (χ2v) is 9.87. The van der Waals surface area contributed by atoms with Crippen LogP contribution in [0.25, 0.3) is 0 Å². The van der Waals surface area contributed by atoms with Gasteiger partial charge in [-0.2, -0.15) is 0 Å². The molecule has 3 aromatic rings. The van der Waals surface area contributed by atoms with Gasteiger partial charge in [-0.3, -0.25) is 9.59 Å². The largest absolute Gasteiger partial charge is 0.493 e. The monoisotopic (exact) mass is 536 g/mol. The summed E-state index contributed by atoms with van der Waals surface area (Å²) in [5, 5.41) is 2.64. The van der Waals surface area contributed by atoms with Gasteiger partial charge in [0.15, 0.2) is 23.0 Å². The molecule has 0 bridgehead atoms. The van der Waals surface area contributed by atoms with Crippen LogP contribution in [-0.4, -0.2) is 52.9 Å². The van der Waals surface area contributed by atoms with Crippen LogP contribution >= 0.6 is 11.8 Å². The molecule has 0 saturated carbocycles. The fourth-order valence-corrected chi connectivity index (χ4v) is 5.75. The molecule has 2 heterocycles. The van der Waals surface area contributed by atoms with Gasteiger partial charge in [0.1, 0.15) is 19.8 Å². The molecule has 0 radical (unpaired) electrons. The number of fused-ring (bicyclic) bond motifs is 2. The topological polar surface area (TPSA) is 95.6 Å². The van der Waals surface area contributed by atoms with Crippen LogP contribution in [0.2, 0.25) is 0 Å². The second-order valence-electron chi connectivity index (χ2n) is 8.62. The lowest BCUT2D eigenvalue weighted by Crippen LogP contribution is -2.38. The Morgan fingerprint density at radius 3 is 2.39 bits per heavy atom. The fraction of sp³-hybridized carbons (Fsp3) is 0.286. The van der Waals surface area contributed by atoms with Gasteiger partial charge < -0.3 is 33.9 Å². The maximum absolute atomic E-state index is 13.6. The van der Waals surface area contributed by atoms with Crippen LogP contribution in [0, 0.1) is 0 Å². The average Bonchev–Trinajstić information content (AvgIpc) is 3.08. The second kappa shape index (κ2) is 11.1. The highest BCUT2D eigenvalue weighted by molar-refractivity contribution is 7.99. The summed E-state index contributed by atoms with van der Waals surface area (Å²) in [5.74, 6) is 2.25. The van der Waals surface area contributed by atoms with Crippen molar-refractivity contribution < 1.29 is 33.3 Å². The van der Waals surface area contributed by atoms with E-state index in [1.54, 1.807) is 51.3 Å². The SMILES string of the molecule is COc1cc([C@H]2CC(=O)N(CC(=O)Nc3ccc4c(c3)OCCO4)c3ccccc3S2)cc(OC)c1OC. The van der Waals surface area contributed by atoms with Crippen molar-refractivity contribution in [1.82, 2.24) is 0 Å². The number of ether oxygens (including phenoxy) is 5. The third kappa shape index (κ3) is 5.17. The first-order valence-electron chi connectivity index (χ1n) is 12.1. The lowest BCUT2D eigenvalue weighted by Gasteiger charge is -2.23. The molecule has 3 aromatic carbocycles. The van der Waals surface area contributed by atoms with E-state index < -0.39 is 0 Å². The number of carbonyl (C=O) groups is 2. The minimum absolute atomic E-state index is 0.132. The molecule has 2 amide bonds. The Kier molecular flexibility index (Phi) is 7.50. The van der Waals surface area contributed by atoms with E-state index in [-0.39, 0.29) is 30.0 Å². The highest BCUT2D eigenvalue weighted by atomic mass is 32.2. The van der Waals surface area contributed by atoms with E-state index in [1.165, 1.54) is 4.90 Å². The molecule has 38 heavy (non-hydrogen) atoms. The molecule has 198 valence electrons. The number of hydrogen-bond acceptors (Lipinski definition) is 8. The maximum Gasteiger partial charge on any atom is 0.244 e. The Bertz CT molecular complexity index is 1340. The molecule has 2 aliphatic heterocycles. The summed E-state index contributed by atoms with van der Waals surface area (Å²) in [4.78, 5) is 29.1. The first-order valence-corrected chi connectivity index (χ1v) is 12.9. The van der Waals surface area contributed by atoms with Crippen LogP contribution in [0.5, 0.6) is 28.7 Å². The van der Waals surface area contributed by atoms with E-state index in [2.05, 4.69) is 5.32 Å². The molecule has 0 saturated heterocycles. The van der Waals surface area contributed by atoms with Crippen LogP contribution in [0.4, 0.5) is 11.4 Å². The summed E-state index contributed by atoms with van der Waals surface area (Å²) >= 11 is 1.56. The van der Waals surface area contributed by atoms with E-state index >= 15 is 0 Å². The number of anilines is 2. The van der Waals surface area contributed by atoms with Crippen LogP contribution < -0.4 is 33.9 Å². The fourth-order valence-electron chi connectivity index (χ4n) is 4.49. The van der Waals surface area contributed by atoms with Crippen molar-refractivity contribution in [2.45, 2.75) is 16.6 Å². The summed E-state index contributed by atoms with van der Waals surface area (Å²) in [6.45, 7) is 0.811. The van der Waals surface area contributed by atoms with Gasteiger partial charge in [-0.1, -0.05) is 12.1 Å². The summed E-state index contributed by atoms with van der Waals surface area (Å²) in [5.41, 5.74) is 2.12. The number of carbonyl (C=O) groups excluding carboxylic acids is 2. The van der Waals surface area contributed by atoms with Gasteiger partial charge >= 0.3 is 0 Å². The Labute approximate surface area is 225 Å². The van der Waals surface area contributed by atoms with E-state index in [1.807, 2.05) is 36.4 Å². The van der Waals surface area contributed by atoms with Crippen molar-refractivity contribution >= 4 is 35.0 Å². The van der Waals surface area contributed by atoms with Gasteiger partial charge in [0.2, 0.25) is 17.6 Å². The summed E-state index contributed by atoms with van der Waals surface area (Å²) < 4.78 is 27.7. The lowest BCUT2D eigenvalue weighted by atomic mass is 10.1. The number of rotatable bonds is 7. The number of para-hydroxylation sites is 1. The summed E-state index contributed by atoms with van der Waals surface area (Å²) in [6.07, 6.45) is 0.176. The molecule has 1 N–H and O–H groups in total. The molecule has 1 atom stereocenters. The number of thioether (sulfide) groups is 1. The standard InChI is InChI=1S/C28H28N2O7S/c1-33-22-12-17(13-23(34-2)28(22)35-3)25-15-27(32)30(19-6-4-5-7-24(19)38-25)16-26(31)29-18-8-9-20-21(14-18)37-11-10-36-20/h4-9,12-14,25H,10-11,15-16H2,1-3H3,(H,29,31)/t25-/m1/s1. The summed E-state index contributed by atoms with van der Waals surface area (Å²) in [7, 11) is 4.67. The molecule has 0 unspecified atom stereocenters. The van der Waals surface area contributed by atoms with Crippen molar-refractivity contribution in [2.24, 2.45) is 0 Å². The highest BCUT2D eigenvalue weighted by Gasteiger charge is 2.31. The quantitative estimate of drug-likeness (QED) is 0.465. The molecule has 0 aromatic heterocycles. The zero-order valence-corrected chi connectivity index (χ0v) is 22.1. The molecule has 5 rings (SSSR count). The number of hydrogen-bond donors (Lipinski definition) is 1. The number of amides is 2. The predicted molar refractivity (Wildman–Crippen MR) is 144 cm³/mol. The van der Waals surface area contributed by atoms with Crippen molar-refractivity contribution in [3.05, 3.63) is 60.2 Å². The van der Waals surface area contributed by atoms with Crippen LogP contribution in [-0.2, 0) is 9.59 Å². The molecule has 10 heteroatoms. The van der Waals surface area contributed by atoms with E-state index in [4.69, 9.17) is 23.7 Å². The average molecular weight is 537 g/mol. The van der Waals surface area contributed by atoms with Crippen molar-refractivity contribution in [3.63, 3.8) is 0 Å². The first kappa shape index (κ1) is 25.6. The van der Waals surface area contributed by atoms with E-state index in [9.17, 15) is 9.59 Å². The molecule has 9 nitrogen and oxygen atoms in total. The van der Waals surface area contributed by atoms with Gasteiger partial charge in [-0.05, 0) is 42.0 Å². The third-order valence-corrected chi connectivity index (χ3v) is 7.60. The van der Waals surface area contributed by atoms with Crippen LogP contribution in [0.1, 0.15) is 17.2 Å². The Morgan fingerprint density at radius 2 is 1.68 bits per heavy atom. The molecular weight excluding hydrogens is 508 g/mol. The Hall–Kier alpha value is -4.05. The molecule has 2 aliphatic rings. The van der Waals surface area contributed by atoms with Crippen molar-refractivity contribution in [3.8, 4) is 28.7 Å². The zero-order chi connectivity index (χ0) is 26.6. The number of benzene rings is 3. The number of nitrogens with zero attached hydrogens (tertiary/aromatic N) is 1. The van der Waals surface area contributed by atoms with Crippen molar-refractivity contribution in [1.29, 1.82) is 0 Å². The third-order valence-electron chi connectivity index (χ3n) is 6.27. The van der Waals surface area contributed by atoms with Gasteiger partial charge in [0.05, 0.1) is 27.0 Å². The van der Waals surface area contributed by atoms with Gasteiger partial charge in [-0.15, -0.1) is 11.8 Å². The predicted octanol–water partition coefficient (Wildman–Crippen LogP) is 4.69. The van der Waals surface area contributed by atoms with E-state index in [0.717, 1.165) is 10.5 Å². The van der Waals surface area contributed by atoms with Crippen LogP contribution in [0.3, 0.4) is 0 Å². The normalized spacial score (nSPS) is 16.2. The minimum atomic E-state index is -0.318. The van der Waals surface area contributed by atoms with Crippen molar-refractivity contribution in [2.75, 3.05) is 51.3 Å². The molecule has 0 spiro atoms. The highest BCUT2D eigenvalue weighted by Crippen LogP contribution is 2.49.